The monoisotopic (exact) mass is 189 g/mol. The summed E-state index contributed by atoms with van der Waals surface area (Å²) in [6.07, 6.45) is 1.76. The standard InChI is InChI=1S/C8H19N3O2/c1-3-4-5-7(12)10-6(2)8(9)11-13/h6,8,11,13H,3-5,9H2,1-2H3,(H,10,12)/t6?,8-/m0/s1. The molecule has 0 radical (unpaired) electrons. The molecule has 0 saturated heterocycles. The van der Waals surface area contributed by atoms with Crippen molar-refractivity contribution in [2.45, 2.75) is 45.3 Å². The van der Waals surface area contributed by atoms with Crippen molar-refractivity contribution in [3.05, 3.63) is 0 Å². The third kappa shape index (κ3) is 5.57. The molecule has 0 saturated carbocycles. The Labute approximate surface area is 78.6 Å². The third-order valence-corrected chi connectivity index (χ3v) is 1.83. The lowest BCUT2D eigenvalue weighted by Gasteiger charge is -2.19. The van der Waals surface area contributed by atoms with Crippen molar-refractivity contribution in [2.75, 3.05) is 0 Å². The zero-order chi connectivity index (χ0) is 10.3. The van der Waals surface area contributed by atoms with Gasteiger partial charge in [0.2, 0.25) is 5.91 Å². The van der Waals surface area contributed by atoms with Crippen LogP contribution in [0, 0.1) is 0 Å². The molecule has 0 spiro atoms. The maximum atomic E-state index is 11.2. The molecule has 1 unspecified atom stereocenters. The van der Waals surface area contributed by atoms with Crippen molar-refractivity contribution in [3.8, 4) is 0 Å². The molecule has 13 heavy (non-hydrogen) atoms. The Morgan fingerprint density at radius 2 is 2.23 bits per heavy atom. The molecule has 0 aromatic carbocycles. The van der Waals surface area contributed by atoms with E-state index in [9.17, 15) is 4.79 Å². The zero-order valence-corrected chi connectivity index (χ0v) is 8.21. The molecular formula is C8H19N3O2. The highest BCUT2D eigenvalue weighted by molar-refractivity contribution is 5.76. The number of amides is 1. The molecule has 0 aliphatic carbocycles. The summed E-state index contributed by atoms with van der Waals surface area (Å²) in [4.78, 5) is 11.2. The maximum absolute atomic E-state index is 11.2. The van der Waals surface area contributed by atoms with E-state index in [1.807, 2.05) is 12.4 Å². The van der Waals surface area contributed by atoms with E-state index in [1.54, 1.807) is 6.92 Å². The average Bonchev–Trinajstić information content (AvgIpc) is 2.13. The van der Waals surface area contributed by atoms with E-state index < -0.39 is 6.17 Å². The molecule has 1 amide bonds. The number of carbonyl (C=O) groups excluding carboxylic acids is 1. The van der Waals surface area contributed by atoms with Gasteiger partial charge in [0.15, 0.2) is 0 Å². The molecule has 2 atom stereocenters. The number of rotatable bonds is 6. The first kappa shape index (κ1) is 12.3. The second kappa shape index (κ2) is 6.82. The van der Waals surface area contributed by atoms with Crippen LogP contribution in [0.3, 0.4) is 0 Å². The van der Waals surface area contributed by atoms with Crippen molar-refractivity contribution >= 4 is 5.91 Å². The zero-order valence-electron chi connectivity index (χ0n) is 8.21. The van der Waals surface area contributed by atoms with Gasteiger partial charge in [-0.15, -0.1) is 0 Å². The Bertz CT molecular complexity index is 152. The van der Waals surface area contributed by atoms with E-state index >= 15 is 0 Å². The lowest BCUT2D eigenvalue weighted by molar-refractivity contribution is -0.122. The summed E-state index contributed by atoms with van der Waals surface area (Å²) < 4.78 is 0. The number of hydrogen-bond acceptors (Lipinski definition) is 4. The average molecular weight is 189 g/mol. The molecule has 0 bridgehead atoms. The topological polar surface area (TPSA) is 87.4 Å². The molecule has 0 aromatic heterocycles. The van der Waals surface area contributed by atoms with Crippen molar-refractivity contribution in [3.63, 3.8) is 0 Å². The van der Waals surface area contributed by atoms with Crippen LogP contribution < -0.4 is 16.5 Å². The summed E-state index contributed by atoms with van der Waals surface area (Å²) >= 11 is 0. The first-order valence-corrected chi connectivity index (χ1v) is 4.56. The summed E-state index contributed by atoms with van der Waals surface area (Å²) in [5.41, 5.74) is 7.31. The molecule has 0 aliphatic heterocycles. The molecule has 5 nitrogen and oxygen atoms in total. The van der Waals surface area contributed by atoms with Gasteiger partial charge < -0.3 is 16.3 Å². The predicted octanol–water partition coefficient (Wildman–Crippen LogP) is -0.0551. The summed E-state index contributed by atoms with van der Waals surface area (Å²) in [5, 5.41) is 11.1. The van der Waals surface area contributed by atoms with Crippen molar-refractivity contribution in [1.82, 2.24) is 10.8 Å². The normalized spacial score (nSPS) is 15.1. The molecule has 78 valence electrons. The van der Waals surface area contributed by atoms with Gasteiger partial charge in [-0.3, -0.25) is 4.79 Å². The first-order valence-electron chi connectivity index (χ1n) is 4.56. The van der Waals surface area contributed by atoms with Crippen LogP contribution in [0.1, 0.15) is 33.1 Å². The molecule has 0 heterocycles. The van der Waals surface area contributed by atoms with E-state index in [4.69, 9.17) is 10.9 Å². The molecule has 0 aromatic rings. The second-order valence-corrected chi connectivity index (χ2v) is 3.11. The predicted molar refractivity (Wildman–Crippen MR) is 50.0 cm³/mol. The van der Waals surface area contributed by atoms with Crippen LogP contribution in [0.15, 0.2) is 0 Å². The number of hydroxylamine groups is 1. The Morgan fingerprint density at radius 3 is 2.69 bits per heavy atom. The quantitative estimate of drug-likeness (QED) is 0.348. The van der Waals surface area contributed by atoms with Gasteiger partial charge in [0, 0.05) is 6.42 Å². The molecule has 0 aliphatic rings. The number of unbranched alkanes of at least 4 members (excludes halogenated alkanes) is 1. The van der Waals surface area contributed by atoms with Crippen LogP contribution in [-0.2, 0) is 4.79 Å². The lowest BCUT2D eigenvalue weighted by atomic mass is 10.2. The van der Waals surface area contributed by atoms with Crippen LogP contribution in [0.4, 0.5) is 0 Å². The Kier molecular flexibility index (Phi) is 6.48. The lowest BCUT2D eigenvalue weighted by Crippen LogP contribution is -2.52. The SMILES string of the molecule is CCCCC(=O)NC(C)[C@@H](N)NO. The minimum absolute atomic E-state index is 0.0277. The van der Waals surface area contributed by atoms with Gasteiger partial charge in [0.25, 0.3) is 0 Å². The minimum atomic E-state index is -0.620. The van der Waals surface area contributed by atoms with Gasteiger partial charge in [0.05, 0.1) is 12.2 Å². The molecule has 0 fully saturated rings. The van der Waals surface area contributed by atoms with Crippen LogP contribution >= 0.6 is 0 Å². The van der Waals surface area contributed by atoms with Crippen LogP contribution in [-0.4, -0.2) is 23.3 Å². The fourth-order valence-electron chi connectivity index (χ4n) is 0.865. The smallest absolute Gasteiger partial charge is 0.220 e. The molecule has 0 rings (SSSR count). The fourth-order valence-corrected chi connectivity index (χ4v) is 0.865. The molecule has 5 N–H and O–H groups in total. The minimum Gasteiger partial charge on any atom is -0.351 e. The van der Waals surface area contributed by atoms with Crippen molar-refractivity contribution in [2.24, 2.45) is 5.73 Å². The van der Waals surface area contributed by atoms with E-state index in [2.05, 4.69) is 5.32 Å². The van der Waals surface area contributed by atoms with E-state index in [0.717, 1.165) is 12.8 Å². The number of nitrogens with two attached hydrogens (primary N) is 1. The van der Waals surface area contributed by atoms with Crippen molar-refractivity contribution < 1.29 is 10.0 Å². The number of hydrogen-bond donors (Lipinski definition) is 4. The Balaban J connectivity index is 3.64. The van der Waals surface area contributed by atoms with Gasteiger partial charge in [0.1, 0.15) is 0 Å². The largest absolute Gasteiger partial charge is 0.351 e. The van der Waals surface area contributed by atoms with Gasteiger partial charge in [-0.05, 0) is 13.3 Å². The Hall–Kier alpha value is -0.650. The number of nitrogens with one attached hydrogen (secondary N) is 2. The highest BCUT2D eigenvalue weighted by Gasteiger charge is 2.13. The van der Waals surface area contributed by atoms with Gasteiger partial charge in [-0.25, -0.2) is 0 Å². The van der Waals surface area contributed by atoms with Gasteiger partial charge in [-0.1, -0.05) is 13.3 Å². The van der Waals surface area contributed by atoms with E-state index in [-0.39, 0.29) is 11.9 Å². The second-order valence-electron chi connectivity index (χ2n) is 3.11. The van der Waals surface area contributed by atoms with E-state index in [0.29, 0.717) is 6.42 Å². The van der Waals surface area contributed by atoms with Crippen LogP contribution in [0.2, 0.25) is 0 Å². The summed E-state index contributed by atoms with van der Waals surface area (Å²) in [6, 6.07) is -0.269. The first-order chi connectivity index (χ1) is 6.11. The van der Waals surface area contributed by atoms with Gasteiger partial charge >= 0.3 is 0 Å². The highest BCUT2D eigenvalue weighted by atomic mass is 16.5. The summed E-state index contributed by atoms with van der Waals surface area (Å²) in [7, 11) is 0. The van der Waals surface area contributed by atoms with Crippen LogP contribution in [0.5, 0.6) is 0 Å². The van der Waals surface area contributed by atoms with E-state index in [1.165, 1.54) is 0 Å². The highest BCUT2D eigenvalue weighted by Crippen LogP contribution is 1.94. The van der Waals surface area contributed by atoms with Crippen molar-refractivity contribution in [1.29, 1.82) is 0 Å². The summed E-state index contributed by atoms with van der Waals surface area (Å²) in [6.45, 7) is 3.76. The van der Waals surface area contributed by atoms with Crippen LogP contribution in [0.25, 0.3) is 0 Å². The fraction of sp³-hybridized carbons (Fsp3) is 0.875. The summed E-state index contributed by atoms with van der Waals surface area (Å²) in [5.74, 6) is -0.0277. The van der Waals surface area contributed by atoms with Gasteiger partial charge in [-0.2, -0.15) is 5.48 Å². The molecular weight excluding hydrogens is 170 g/mol. The molecule has 5 heteroatoms. The number of carbonyl (C=O) groups is 1. The Morgan fingerprint density at radius 1 is 1.62 bits per heavy atom. The maximum Gasteiger partial charge on any atom is 0.220 e. The third-order valence-electron chi connectivity index (χ3n) is 1.83.